The number of hydrogen-bond acceptors (Lipinski definition) is 4. The van der Waals surface area contributed by atoms with E-state index in [-0.39, 0.29) is 0 Å². The number of likely N-dealkylation sites (N-methyl/N-ethyl adjacent to an activating group) is 2. The van der Waals surface area contributed by atoms with Crippen molar-refractivity contribution in [3.05, 3.63) is 0 Å². The Labute approximate surface area is 147 Å². The van der Waals surface area contributed by atoms with Gasteiger partial charge in [-0.05, 0) is 13.8 Å². The van der Waals surface area contributed by atoms with Crippen molar-refractivity contribution in [2.45, 2.75) is 13.8 Å². The molecule has 2 rings (SSSR count). The normalized spacial score (nSPS) is 23.2. The maximum absolute atomic E-state index is 5.80. The quantitative estimate of drug-likeness (QED) is 0.409. The van der Waals surface area contributed by atoms with E-state index in [1.54, 1.807) is 0 Å². The number of rotatable bonds is 11. The molecule has 0 unspecified atom stereocenters. The van der Waals surface area contributed by atoms with Crippen LogP contribution in [0.2, 0.25) is 0 Å². The topological polar surface area (TPSA) is 36.9 Å². The first kappa shape index (κ1) is 20.1. The monoisotopic (exact) mass is 346 g/mol. The molecule has 2 fully saturated rings. The minimum Gasteiger partial charge on any atom is -0.373 e. The molecule has 6 heteroatoms. The molecular weight excluding hydrogens is 308 g/mol. The number of ether oxygens (including phenoxy) is 4. The summed E-state index contributed by atoms with van der Waals surface area (Å²) in [7, 11) is 0. The summed E-state index contributed by atoms with van der Waals surface area (Å²) in [6.07, 6.45) is 0. The first-order valence-electron chi connectivity index (χ1n) is 9.75. The van der Waals surface area contributed by atoms with E-state index in [2.05, 4.69) is 13.8 Å². The van der Waals surface area contributed by atoms with Crippen molar-refractivity contribution in [2.24, 2.45) is 0 Å². The van der Waals surface area contributed by atoms with Gasteiger partial charge in [-0.25, -0.2) is 0 Å². The summed E-state index contributed by atoms with van der Waals surface area (Å²) in [4.78, 5) is 0. The fraction of sp³-hybridized carbons (Fsp3) is 1.00. The minimum absolute atomic E-state index is 0.704. The zero-order chi connectivity index (χ0) is 17.1. The standard InChI is InChI=1S/C18H38N2O4/c1-3-19(5-11-21-12-6-19)9-15-23-17-18-24-16-10-20(4-2)7-13-22-14-8-20/h3-18H2,1-2H3/q+2. The molecule has 0 aromatic rings. The molecule has 0 saturated carbocycles. The molecule has 0 spiro atoms. The summed E-state index contributed by atoms with van der Waals surface area (Å²) in [5.41, 5.74) is 0. The highest BCUT2D eigenvalue weighted by Crippen LogP contribution is 2.11. The Bertz CT molecular complexity index is 297. The van der Waals surface area contributed by atoms with E-state index in [0.29, 0.717) is 13.2 Å². The van der Waals surface area contributed by atoms with E-state index in [0.717, 1.165) is 87.9 Å². The van der Waals surface area contributed by atoms with Gasteiger partial charge in [0.25, 0.3) is 0 Å². The van der Waals surface area contributed by atoms with Gasteiger partial charge in [-0.3, -0.25) is 0 Å². The molecule has 2 aliphatic rings. The van der Waals surface area contributed by atoms with Crippen LogP contribution >= 0.6 is 0 Å². The molecule has 0 aromatic carbocycles. The summed E-state index contributed by atoms with van der Waals surface area (Å²) in [6.45, 7) is 20.2. The Morgan fingerprint density at radius 3 is 1.33 bits per heavy atom. The second-order valence-corrected chi connectivity index (χ2v) is 7.11. The van der Waals surface area contributed by atoms with Gasteiger partial charge < -0.3 is 27.9 Å². The Morgan fingerprint density at radius 1 is 0.625 bits per heavy atom. The Morgan fingerprint density at radius 2 is 1.00 bits per heavy atom. The summed E-state index contributed by atoms with van der Waals surface area (Å²) in [5, 5.41) is 0. The average molecular weight is 347 g/mol. The van der Waals surface area contributed by atoms with Gasteiger partial charge in [-0.1, -0.05) is 0 Å². The maximum atomic E-state index is 5.80. The summed E-state index contributed by atoms with van der Waals surface area (Å²) in [6, 6.07) is 0. The molecule has 6 nitrogen and oxygen atoms in total. The number of hydrogen-bond donors (Lipinski definition) is 0. The predicted molar refractivity (Wildman–Crippen MR) is 94.1 cm³/mol. The van der Waals surface area contributed by atoms with Gasteiger partial charge in [0.15, 0.2) is 0 Å². The molecule has 2 heterocycles. The van der Waals surface area contributed by atoms with Crippen molar-refractivity contribution in [1.82, 2.24) is 0 Å². The van der Waals surface area contributed by atoms with Crippen LogP contribution in [0.25, 0.3) is 0 Å². The van der Waals surface area contributed by atoms with E-state index < -0.39 is 0 Å². The lowest BCUT2D eigenvalue weighted by atomic mass is 10.3. The smallest absolute Gasteiger partial charge is 0.103 e. The SMILES string of the molecule is CC[N+]1(CCOCCOCC[N+]2(CC)CCOCC2)CCOCC1. The molecule has 2 saturated heterocycles. The summed E-state index contributed by atoms with van der Waals surface area (Å²) < 4.78 is 24.8. The maximum Gasteiger partial charge on any atom is 0.103 e. The molecule has 0 amide bonds. The third kappa shape index (κ3) is 6.24. The van der Waals surface area contributed by atoms with Crippen LogP contribution in [0.5, 0.6) is 0 Å². The Hall–Kier alpha value is -0.240. The van der Waals surface area contributed by atoms with Gasteiger partial charge in [0, 0.05) is 0 Å². The molecule has 2 aliphatic heterocycles. The fourth-order valence-electron chi connectivity index (χ4n) is 3.69. The van der Waals surface area contributed by atoms with Gasteiger partial charge in [0.1, 0.15) is 39.3 Å². The van der Waals surface area contributed by atoms with Crippen molar-refractivity contribution < 1.29 is 27.9 Å². The first-order chi connectivity index (χ1) is 11.7. The molecule has 0 aliphatic carbocycles. The highest BCUT2D eigenvalue weighted by molar-refractivity contribution is 4.50. The number of nitrogens with zero attached hydrogens (tertiary/aromatic N) is 2. The Balaban J connectivity index is 1.49. The van der Waals surface area contributed by atoms with Crippen LogP contribution in [-0.2, 0) is 18.9 Å². The van der Waals surface area contributed by atoms with E-state index >= 15 is 0 Å². The molecule has 142 valence electrons. The van der Waals surface area contributed by atoms with E-state index in [4.69, 9.17) is 18.9 Å². The van der Waals surface area contributed by atoms with Crippen LogP contribution < -0.4 is 0 Å². The summed E-state index contributed by atoms with van der Waals surface area (Å²) in [5.74, 6) is 0. The van der Waals surface area contributed by atoms with Crippen molar-refractivity contribution in [3.63, 3.8) is 0 Å². The first-order valence-corrected chi connectivity index (χ1v) is 9.75. The lowest BCUT2D eigenvalue weighted by Gasteiger charge is -2.40. The van der Waals surface area contributed by atoms with Crippen LogP contribution in [0.15, 0.2) is 0 Å². The van der Waals surface area contributed by atoms with E-state index in [1.807, 2.05) is 0 Å². The average Bonchev–Trinajstić information content (AvgIpc) is 2.65. The lowest BCUT2D eigenvalue weighted by Crippen LogP contribution is -2.56. The second kappa shape index (κ2) is 10.7. The third-order valence-corrected chi connectivity index (χ3v) is 5.97. The number of quaternary nitrogens is 2. The fourth-order valence-corrected chi connectivity index (χ4v) is 3.69. The zero-order valence-corrected chi connectivity index (χ0v) is 15.8. The van der Waals surface area contributed by atoms with Gasteiger partial charge in [0.05, 0.1) is 65.9 Å². The minimum atomic E-state index is 0.704. The van der Waals surface area contributed by atoms with Gasteiger partial charge in [0.2, 0.25) is 0 Å². The van der Waals surface area contributed by atoms with Gasteiger partial charge in [-0.2, -0.15) is 0 Å². The number of morpholine rings is 2. The Kier molecular flexibility index (Phi) is 8.94. The van der Waals surface area contributed by atoms with E-state index in [9.17, 15) is 0 Å². The summed E-state index contributed by atoms with van der Waals surface area (Å²) >= 11 is 0. The highest BCUT2D eigenvalue weighted by atomic mass is 16.5. The largest absolute Gasteiger partial charge is 0.373 e. The van der Waals surface area contributed by atoms with Gasteiger partial charge >= 0.3 is 0 Å². The van der Waals surface area contributed by atoms with Crippen LogP contribution in [0, 0.1) is 0 Å². The second-order valence-electron chi connectivity index (χ2n) is 7.11. The van der Waals surface area contributed by atoms with Crippen molar-refractivity contribution >= 4 is 0 Å². The molecular formula is C18H38N2O4+2. The van der Waals surface area contributed by atoms with Crippen molar-refractivity contribution in [2.75, 3.05) is 105 Å². The van der Waals surface area contributed by atoms with Crippen LogP contribution in [0.4, 0.5) is 0 Å². The third-order valence-electron chi connectivity index (χ3n) is 5.97. The zero-order valence-electron chi connectivity index (χ0n) is 15.8. The molecule has 0 N–H and O–H groups in total. The van der Waals surface area contributed by atoms with Crippen LogP contribution in [-0.4, -0.2) is 114 Å². The predicted octanol–water partition coefficient (Wildman–Crippen LogP) is 0.753. The lowest BCUT2D eigenvalue weighted by molar-refractivity contribution is -0.934. The molecule has 0 radical (unpaired) electrons. The van der Waals surface area contributed by atoms with Crippen molar-refractivity contribution in [1.29, 1.82) is 0 Å². The van der Waals surface area contributed by atoms with Crippen LogP contribution in [0.3, 0.4) is 0 Å². The molecule has 0 aromatic heterocycles. The molecule has 0 bridgehead atoms. The van der Waals surface area contributed by atoms with Crippen molar-refractivity contribution in [3.8, 4) is 0 Å². The molecule has 0 atom stereocenters. The van der Waals surface area contributed by atoms with Gasteiger partial charge in [-0.15, -0.1) is 0 Å². The molecule has 24 heavy (non-hydrogen) atoms. The van der Waals surface area contributed by atoms with E-state index in [1.165, 1.54) is 13.1 Å². The highest BCUT2D eigenvalue weighted by Gasteiger charge is 2.29. The van der Waals surface area contributed by atoms with Crippen LogP contribution in [0.1, 0.15) is 13.8 Å².